The van der Waals surface area contributed by atoms with E-state index in [2.05, 4.69) is 15.4 Å². The maximum absolute atomic E-state index is 10.8. The van der Waals surface area contributed by atoms with Crippen molar-refractivity contribution in [3.8, 4) is 0 Å². The van der Waals surface area contributed by atoms with Crippen molar-refractivity contribution in [2.45, 2.75) is 6.92 Å². The maximum atomic E-state index is 10.8. The van der Waals surface area contributed by atoms with Crippen molar-refractivity contribution in [3.63, 3.8) is 0 Å². The van der Waals surface area contributed by atoms with Crippen LogP contribution >= 0.6 is 0 Å². The van der Waals surface area contributed by atoms with Crippen LogP contribution in [0.5, 0.6) is 0 Å². The van der Waals surface area contributed by atoms with Crippen molar-refractivity contribution in [2.24, 2.45) is 0 Å². The lowest BCUT2D eigenvalue weighted by Crippen LogP contribution is -2.10. The van der Waals surface area contributed by atoms with Gasteiger partial charge in [-0.15, -0.1) is 0 Å². The molecule has 1 rings (SSSR count). The molecule has 76 valence electrons. The lowest BCUT2D eigenvalue weighted by atomic mass is 10.3. The average molecular weight is 194 g/mol. The van der Waals surface area contributed by atoms with E-state index >= 15 is 0 Å². The summed E-state index contributed by atoms with van der Waals surface area (Å²) >= 11 is 0. The summed E-state index contributed by atoms with van der Waals surface area (Å²) in [4.78, 5) is 10.8. The summed E-state index contributed by atoms with van der Waals surface area (Å²) in [6, 6.07) is 7.42. The molecule has 1 aromatic rings. The number of amides is 1. The van der Waals surface area contributed by atoms with E-state index in [1.54, 1.807) is 0 Å². The van der Waals surface area contributed by atoms with Crippen LogP contribution < -0.4 is 10.6 Å². The Hall–Kier alpha value is -1.71. The minimum atomic E-state index is -0.457. The zero-order valence-electron chi connectivity index (χ0n) is 8.33. The van der Waals surface area contributed by atoms with Crippen molar-refractivity contribution in [3.05, 3.63) is 24.3 Å². The van der Waals surface area contributed by atoms with Gasteiger partial charge in [0.25, 0.3) is 0 Å². The Morgan fingerprint density at radius 3 is 2.36 bits per heavy atom. The average Bonchev–Trinajstić information content (AvgIpc) is 2.21. The van der Waals surface area contributed by atoms with Gasteiger partial charge in [-0.1, -0.05) is 0 Å². The van der Waals surface area contributed by atoms with Crippen LogP contribution in [-0.2, 0) is 4.74 Å². The molecule has 0 aliphatic heterocycles. The van der Waals surface area contributed by atoms with E-state index in [0.29, 0.717) is 0 Å². The molecule has 14 heavy (non-hydrogen) atoms. The van der Waals surface area contributed by atoms with Gasteiger partial charge in [0.15, 0.2) is 0 Å². The number of ether oxygens (including phenoxy) is 1. The molecule has 0 aromatic heterocycles. The molecule has 0 aliphatic carbocycles. The van der Waals surface area contributed by atoms with Gasteiger partial charge >= 0.3 is 6.09 Å². The molecular weight excluding hydrogens is 180 g/mol. The molecule has 0 heterocycles. The minimum absolute atomic E-state index is 0.457. The molecule has 0 bridgehead atoms. The maximum Gasteiger partial charge on any atom is 0.411 e. The van der Waals surface area contributed by atoms with E-state index in [4.69, 9.17) is 0 Å². The lowest BCUT2D eigenvalue weighted by molar-refractivity contribution is 0.187. The van der Waals surface area contributed by atoms with E-state index in [-0.39, 0.29) is 0 Å². The van der Waals surface area contributed by atoms with Gasteiger partial charge in [0.2, 0.25) is 0 Å². The molecule has 0 saturated carbocycles. The summed E-state index contributed by atoms with van der Waals surface area (Å²) in [5, 5.41) is 5.73. The molecule has 1 amide bonds. The van der Waals surface area contributed by atoms with Gasteiger partial charge in [0, 0.05) is 17.9 Å². The summed E-state index contributed by atoms with van der Waals surface area (Å²) < 4.78 is 4.47. The van der Waals surface area contributed by atoms with Gasteiger partial charge in [-0.3, -0.25) is 5.32 Å². The predicted octanol–water partition coefficient (Wildman–Crippen LogP) is 2.30. The number of rotatable bonds is 3. The van der Waals surface area contributed by atoms with E-state index in [9.17, 15) is 4.79 Å². The molecule has 0 saturated heterocycles. The minimum Gasteiger partial charge on any atom is -0.453 e. The van der Waals surface area contributed by atoms with Crippen molar-refractivity contribution in [1.82, 2.24) is 0 Å². The SMILES string of the molecule is CCNc1ccc(NC(=O)OC)cc1. The number of hydrogen-bond donors (Lipinski definition) is 2. The number of carbonyl (C=O) groups excluding carboxylic acids is 1. The molecule has 4 nitrogen and oxygen atoms in total. The van der Waals surface area contributed by atoms with Gasteiger partial charge in [-0.2, -0.15) is 0 Å². The largest absolute Gasteiger partial charge is 0.453 e. The van der Waals surface area contributed by atoms with Gasteiger partial charge in [0.05, 0.1) is 7.11 Å². The van der Waals surface area contributed by atoms with E-state index in [1.807, 2.05) is 31.2 Å². The number of hydrogen-bond acceptors (Lipinski definition) is 3. The third-order valence-electron chi connectivity index (χ3n) is 1.70. The molecule has 0 spiro atoms. The third-order valence-corrected chi connectivity index (χ3v) is 1.70. The first-order chi connectivity index (χ1) is 6.76. The zero-order chi connectivity index (χ0) is 10.4. The standard InChI is InChI=1S/C10H14N2O2/c1-3-11-8-4-6-9(7-5-8)12-10(13)14-2/h4-7,11H,3H2,1-2H3,(H,12,13). The van der Waals surface area contributed by atoms with Crippen LogP contribution in [0.2, 0.25) is 0 Å². The molecule has 0 unspecified atom stereocenters. The van der Waals surface area contributed by atoms with E-state index in [1.165, 1.54) is 7.11 Å². The first kappa shape index (κ1) is 10.4. The Morgan fingerprint density at radius 2 is 1.86 bits per heavy atom. The fourth-order valence-electron chi connectivity index (χ4n) is 1.04. The zero-order valence-corrected chi connectivity index (χ0v) is 8.33. The normalized spacial score (nSPS) is 9.29. The second-order valence-corrected chi connectivity index (χ2v) is 2.72. The van der Waals surface area contributed by atoms with Crippen LogP contribution in [0.15, 0.2) is 24.3 Å². The topological polar surface area (TPSA) is 50.4 Å². The first-order valence-electron chi connectivity index (χ1n) is 4.45. The lowest BCUT2D eigenvalue weighted by Gasteiger charge is -2.05. The Bertz CT molecular complexity index is 295. The summed E-state index contributed by atoms with van der Waals surface area (Å²) in [6.45, 7) is 2.91. The quantitative estimate of drug-likeness (QED) is 0.776. The highest BCUT2D eigenvalue weighted by molar-refractivity contribution is 5.84. The van der Waals surface area contributed by atoms with Crippen LogP contribution in [-0.4, -0.2) is 19.7 Å². The number of anilines is 2. The van der Waals surface area contributed by atoms with E-state index in [0.717, 1.165) is 17.9 Å². The van der Waals surface area contributed by atoms with Gasteiger partial charge in [0.1, 0.15) is 0 Å². The molecule has 0 aliphatic rings. The molecule has 0 radical (unpaired) electrons. The van der Waals surface area contributed by atoms with Gasteiger partial charge in [-0.05, 0) is 31.2 Å². The summed E-state index contributed by atoms with van der Waals surface area (Å²) in [5.41, 5.74) is 1.75. The van der Waals surface area contributed by atoms with Crippen LogP contribution in [0.25, 0.3) is 0 Å². The fraction of sp³-hybridized carbons (Fsp3) is 0.300. The third kappa shape index (κ3) is 2.97. The summed E-state index contributed by atoms with van der Waals surface area (Å²) in [5.74, 6) is 0. The second kappa shape index (κ2) is 5.11. The van der Waals surface area contributed by atoms with Gasteiger partial charge < -0.3 is 10.1 Å². The Balaban J connectivity index is 2.59. The van der Waals surface area contributed by atoms with Crippen LogP contribution in [0.1, 0.15) is 6.92 Å². The van der Waals surface area contributed by atoms with Crippen molar-refractivity contribution < 1.29 is 9.53 Å². The number of benzene rings is 1. The molecule has 1 aromatic carbocycles. The van der Waals surface area contributed by atoms with E-state index < -0.39 is 6.09 Å². The second-order valence-electron chi connectivity index (χ2n) is 2.72. The molecule has 2 N–H and O–H groups in total. The van der Waals surface area contributed by atoms with Crippen LogP contribution in [0, 0.1) is 0 Å². The molecule has 4 heteroatoms. The smallest absolute Gasteiger partial charge is 0.411 e. The van der Waals surface area contributed by atoms with Crippen molar-refractivity contribution in [2.75, 3.05) is 24.3 Å². The highest BCUT2D eigenvalue weighted by Crippen LogP contribution is 2.13. The fourth-order valence-corrected chi connectivity index (χ4v) is 1.04. The predicted molar refractivity (Wildman–Crippen MR) is 56.6 cm³/mol. The Morgan fingerprint density at radius 1 is 1.29 bits per heavy atom. The highest BCUT2D eigenvalue weighted by atomic mass is 16.5. The number of nitrogens with one attached hydrogen (secondary N) is 2. The van der Waals surface area contributed by atoms with Crippen LogP contribution in [0.3, 0.4) is 0 Å². The Labute approximate surface area is 83.3 Å². The number of methoxy groups -OCH3 is 1. The van der Waals surface area contributed by atoms with Crippen LogP contribution in [0.4, 0.5) is 16.2 Å². The van der Waals surface area contributed by atoms with Crippen molar-refractivity contribution >= 4 is 17.5 Å². The molecule has 0 fully saturated rings. The summed E-state index contributed by atoms with van der Waals surface area (Å²) in [7, 11) is 1.34. The number of carbonyl (C=O) groups is 1. The van der Waals surface area contributed by atoms with Gasteiger partial charge in [-0.25, -0.2) is 4.79 Å². The monoisotopic (exact) mass is 194 g/mol. The molecular formula is C10H14N2O2. The molecule has 0 atom stereocenters. The first-order valence-corrected chi connectivity index (χ1v) is 4.45. The highest BCUT2D eigenvalue weighted by Gasteiger charge is 1.99. The Kier molecular flexibility index (Phi) is 3.79. The van der Waals surface area contributed by atoms with Crippen molar-refractivity contribution in [1.29, 1.82) is 0 Å². The summed E-state index contributed by atoms with van der Waals surface area (Å²) in [6.07, 6.45) is -0.457.